The minimum Gasteiger partial charge on any atom is -0.325 e. The Balaban J connectivity index is 1.58. The molecule has 23 heavy (non-hydrogen) atoms. The summed E-state index contributed by atoms with van der Waals surface area (Å²) in [7, 11) is 0. The first-order chi connectivity index (χ1) is 11.2. The Labute approximate surface area is 140 Å². The summed E-state index contributed by atoms with van der Waals surface area (Å²) in [6.45, 7) is 2.12. The Hall–Kier alpha value is -2.26. The molecule has 0 atom stereocenters. The number of hydrogen-bond acceptors (Lipinski definition) is 2. The lowest BCUT2D eigenvalue weighted by Gasteiger charge is -2.07. The maximum atomic E-state index is 12.1. The van der Waals surface area contributed by atoms with Gasteiger partial charge in [0, 0.05) is 10.6 Å². The van der Waals surface area contributed by atoms with Gasteiger partial charge < -0.3 is 5.32 Å². The van der Waals surface area contributed by atoms with E-state index in [1.165, 1.54) is 16.3 Å². The van der Waals surface area contributed by atoms with Gasteiger partial charge in [0.2, 0.25) is 5.91 Å². The summed E-state index contributed by atoms with van der Waals surface area (Å²) in [6.07, 6.45) is 1.01. The first kappa shape index (κ1) is 15.6. The Morgan fingerprint density at radius 2 is 1.70 bits per heavy atom. The molecule has 1 amide bonds. The van der Waals surface area contributed by atoms with Crippen molar-refractivity contribution >= 4 is 34.1 Å². The molecule has 0 saturated heterocycles. The Bertz CT molecular complexity index is 811. The highest BCUT2D eigenvalue weighted by atomic mass is 32.2. The van der Waals surface area contributed by atoms with Crippen LogP contribution in [0.1, 0.15) is 12.5 Å². The molecule has 0 bridgehead atoms. The van der Waals surface area contributed by atoms with Crippen LogP contribution in [0.5, 0.6) is 0 Å². The van der Waals surface area contributed by atoms with Crippen molar-refractivity contribution in [2.75, 3.05) is 11.1 Å². The SMILES string of the molecule is CCc1ccc(NC(=O)CSc2ccc3ccccc3c2)cc1. The van der Waals surface area contributed by atoms with Crippen molar-refractivity contribution < 1.29 is 4.79 Å². The van der Waals surface area contributed by atoms with E-state index < -0.39 is 0 Å². The third-order valence-electron chi connectivity index (χ3n) is 3.74. The molecule has 0 fully saturated rings. The maximum Gasteiger partial charge on any atom is 0.234 e. The molecule has 0 unspecified atom stereocenters. The van der Waals surface area contributed by atoms with Crippen molar-refractivity contribution in [1.29, 1.82) is 0 Å². The van der Waals surface area contributed by atoms with Crippen LogP contribution >= 0.6 is 11.8 Å². The monoisotopic (exact) mass is 321 g/mol. The maximum absolute atomic E-state index is 12.1. The number of carbonyl (C=O) groups excluding carboxylic acids is 1. The molecule has 0 saturated carbocycles. The van der Waals surface area contributed by atoms with Crippen LogP contribution in [0.3, 0.4) is 0 Å². The van der Waals surface area contributed by atoms with Crippen LogP contribution in [-0.2, 0) is 11.2 Å². The van der Waals surface area contributed by atoms with Gasteiger partial charge >= 0.3 is 0 Å². The van der Waals surface area contributed by atoms with Crippen LogP contribution in [0.4, 0.5) is 5.69 Å². The average molecular weight is 321 g/mol. The highest BCUT2D eigenvalue weighted by Crippen LogP contribution is 2.23. The van der Waals surface area contributed by atoms with Crippen molar-refractivity contribution in [3.63, 3.8) is 0 Å². The molecular weight excluding hydrogens is 302 g/mol. The van der Waals surface area contributed by atoms with Gasteiger partial charge in [0.25, 0.3) is 0 Å². The predicted octanol–water partition coefficient (Wildman–Crippen LogP) is 5.13. The number of rotatable bonds is 5. The lowest BCUT2D eigenvalue weighted by Crippen LogP contribution is -2.13. The number of carbonyl (C=O) groups is 1. The fraction of sp³-hybridized carbons (Fsp3) is 0.150. The van der Waals surface area contributed by atoms with Crippen LogP contribution in [0.15, 0.2) is 71.6 Å². The van der Waals surface area contributed by atoms with Gasteiger partial charge in [-0.3, -0.25) is 4.79 Å². The van der Waals surface area contributed by atoms with Gasteiger partial charge in [-0.05, 0) is 47.0 Å². The standard InChI is InChI=1S/C20H19NOS/c1-2-15-7-10-18(11-8-15)21-20(22)14-23-19-12-9-16-5-3-4-6-17(16)13-19/h3-13H,2,14H2,1H3,(H,21,22). The summed E-state index contributed by atoms with van der Waals surface area (Å²) in [5, 5.41) is 5.36. The fourth-order valence-corrected chi connectivity index (χ4v) is 3.17. The lowest BCUT2D eigenvalue weighted by atomic mass is 10.1. The second kappa shape index (κ2) is 7.34. The molecule has 0 spiro atoms. The van der Waals surface area contributed by atoms with E-state index in [1.807, 2.05) is 36.4 Å². The van der Waals surface area contributed by atoms with Crippen LogP contribution in [0, 0.1) is 0 Å². The largest absolute Gasteiger partial charge is 0.325 e. The Morgan fingerprint density at radius 3 is 2.43 bits per heavy atom. The predicted molar refractivity (Wildman–Crippen MR) is 99.1 cm³/mol. The van der Waals surface area contributed by atoms with E-state index in [0.29, 0.717) is 5.75 Å². The second-order valence-corrected chi connectivity index (χ2v) is 6.45. The molecule has 0 aromatic heterocycles. The van der Waals surface area contributed by atoms with Gasteiger partial charge in [0.1, 0.15) is 0 Å². The van der Waals surface area contributed by atoms with E-state index in [9.17, 15) is 4.79 Å². The number of nitrogens with one attached hydrogen (secondary N) is 1. The van der Waals surface area contributed by atoms with Crippen LogP contribution in [-0.4, -0.2) is 11.7 Å². The van der Waals surface area contributed by atoms with Crippen molar-refractivity contribution in [2.24, 2.45) is 0 Å². The molecule has 0 aliphatic heterocycles. The molecule has 3 aromatic rings. The highest BCUT2D eigenvalue weighted by Gasteiger charge is 2.04. The zero-order valence-corrected chi connectivity index (χ0v) is 13.9. The quantitative estimate of drug-likeness (QED) is 0.660. The first-order valence-electron chi connectivity index (χ1n) is 7.75. The molecule has 0 radical (unpaired) electrons. The van der Waals surface area contributed by atoms with Gasteiger partial charge in [0.15, 0.2) is 0 Å². The summed E-state index contributed by atoms with van der Waals surface area (Å²) in [5.41, 5.74) is 2.12. The number of hydrogen-bond donors (Lipinski definition) is 1. The van der Waals surface area contributed by atoms with Crippen LogP contribution < -0.4 is 5.32 Å². The molecule has 3 heteroatoms. The zero-order valence-electron chi connectivity index (χ0n) is 13.1. The smallest absolute Gasteiger partial charge is 0.234 e. The van der Waals surface area contributed by atoms with Crippen molar-refractivity contribution in [2.45, 2.75) is 18.2 Å². The van der Waals surface area contributed by atoms with Gasteiger partial charge in [-0.15, -0.1) is 11.8 Å². The molecule has 2 nitrogen and oxygen atoms in total. The fourth-order valence-electron chi connectivity index (χ4n) is 2.43. The summed E-state index contributed by atoms with van der Waals surface area (Å²) in [5.74, 6) is 0.431. The lowest BCUT2D eigenvalue weighted by molar-refractivity contribution is -0.113. The number of benzene rings is 3. The summed E-state index contributed by atoms with van der Waals surface area (Å²) >= 11 is 1.56. The van der Waals surface area contributed by atoms with Gasteiger partial charge in [0.05, 0.1) is 5.75 Å². The van der Waals surface area contributed by atoms with Crippen molar-refractivity contribution in [1.82, 2.24) is 0 Å². The summed E-state index contributed by atoms with van der Waals surface area (Å²) < 4.78 is 0. The normalized spacial score (nSPS) is 10.7. The van der Waals surface area contributed by atoms with Gasteiger partial charge in [-0.25, -0.2) is 0 Å². The molecule has 1 N–H and O–H groups in total. The minimum absolute atomic E-state index is 0.0207. The van der Waals surface area contributed by atoms with Gasteiger partial charge in [-0.2, -0.15) is 0 Å². The summed E-state index contributed by atoms with van der Waals surface area (Å²) in [4.78, 5) is 13.2. The topological polar surface area (TPSA) is 29.1 Å². The minimum atomic E-state index is 0.0207. The first-order valence-corrected chi connectivity index (χ1v) is 8.73. The Morgan fingerprint density at radius 1 is 0.957 bits per heavy atom. The molecular formula is C20H19NOS. The molecule has 0 aliphatic carbocycles. The molecule has 3 rings (SSSR count). The summed E-state index contributed by atoms with van der Waals surface area (Å²) in [6, 6.07) is 22.5. The van der Waals surface area contributed by atoms with E-state index in [4.69, 9.17) is 0 Å². The molecule has 0 aliphatic rings. The number of amides is 1. The molecule has 0 heterocycles. The van der Waals surface area contributed by atoms with Crippen molar-refractivity contribution in [3.8, 4) is 0 Å². The Kier molecular flexibility index (Phi) is 4.99. The molecule has 116 valence electrons. The third-order valence-corrected chi connectivity index (χ3v) is 4.73. The van der Waals surface area contributed by atoms with E-state index in [1.54, 1.807) is 11.8 Å². The molecule has 3 aromatic carbocycles. The third kappa shape index (κ3) is 4.14. The number of fused-ring (bicyclic) bond motifs is 1. The number of anilines is 1. The van der Waals surface area contributed by atoms with Gasteiger partial charge in [-0.1, -0.05) is 49.4 Å². The van der Waals surface area contributed by atoms with Crippen LogP contribution in [0.25, 0.3) is 10.8 Å². The van der Waals surface area contributed by atoms with Crippen molar-refractivity contribution in [3.05, 3.63) is 72.3 Å². The van der Waals surface area contributed by atoms with E-state index >= 15 is 0 Å². The number of aryl methyl sites for hydroxylation is 1. The van der Waals surface area contributed by atoms with E-state index in [-0.39, 0.29) is 5.91 Å². The second-order valence-electron chi connectivity index (χ2n) is 5.40. The van der Waals surface area contributed by atoms with E-state index in [0.717, 1.165) is 17.0 Å². The zero-order chi connectivity index (χ0) is 16.1. The average Bonchev–Trinajstić information content (AvgIpc) is 2.60. The van der Waals surface area contributed by atoms with E-state index in [2.05, 4.69) is 42.6 Å². The highest BCUT2D eigenvalue weighted by molar-refractivity contribution is 8.00. The number of thioether (sulfide) groups is 1. The van der Waals surface area contributed by atoms with Crippen LogP contribution in [0.2, 0.25) is 0 Å².